The fourth-order valence-corrected chi connectivity index (χ4v) is 3.72. The average Bonchev–Trinajstić information content (AvgIpc) is 2.48. The van der Waals surface area contributed by atoms with E-state index in [2.05, 4.69) is 25.8 Å². The van der Waals surface area contributed by atoms with Crippen LogP contribution in [0.4, 0.5) is 0 Å². The number of likely N-dealkylation sites (tertiary alicyclic amines) is 1. The van der Waals surface area contributed by atoms with Crippen LogP contribution in [0.25, 0.3) is 0 Å². The Morgan fingerprint density at radius 2 is 2.00 bits per heavy atom. The average molecular weight is 215 g/mol. The SMILES string of the molecule is C[C@H]1O[C@](C)(C2CCN(C)CC2)CS1. The quantitative estimate of drug-likeness (QED) is 0.665. The molecule has 3 heteroatoms. The topological polar surface area (TPSA) is 12.5 Å². The third-order valence-corrected chi connectivity index (χ3v) is 4.93. The Kier molecular flexibility index (Phi) is 3.10. The first-order valence-electron chi connectivity index (χ1n) is 5.58. The minimum absolute atomic E-state index is 0.158. The lowest BCUT2D eigenvalue weighted by atomic mass is 9.83. The van der Waals surface area contributed by atoms with Gasteiger partial charge in [0, 0.05) is 5.75 Å². The van der Waals surface area contributed by atoms with E-state index >= 15 is 0 Å². The van der Waals surface area contributed by atoms with E-state index < -0.39 is 0 Å². The second-order valence-electron chi connectivity index (χ2n) is 4.89. The van der Waals surface area contributed by atoms with Gasteiger partial charge < -0.3 is 9.64 Å². The molecule has 0 amide bonds. The van der Waals surface area contributed by atoms with Gasteiger partial charge in [0.1, 0.15) is 5.44 Å². The van der Waals surface area contributed by atoms with E-state index in [-0.39, 0.29) is 5.60 Å². The van der Waals surface area contributed by atoms with E-state index in [0.29, 0.717) is 5.44 Å². The van der Waals surface area contributed by atoms with E-state index in [1.54, 1.807) is 0 Å². The number of nitrogens with zero attached hydrogens (tertiary/aromatic N) is 1. The summed E-state index contributed by atoms with van der Waals surface area (Å²) >= 11 is 1.96. The summed E-state index contributed by atoms with van der Waals surface area (Å²) in [5.41, 5.74) is 0.561. The van der Waals surface area contributed by atoms with E-state index in [4.69, 9.17) is 4.74 Å². The number of thioether (sulfide) groups is 1. The van der Waals surface area contributed by atoms with E-state index in [1.165, 1.54) is 31.7 Å². The maximum absolute atomic E-state index is 6.07. The molecular formula is C11H21NOS. The van der Waals surface area contributed by atoms with E-state index in [0.717, 1.165) is 5.92 Å². The van der Waals surface area contributed by atoms with Crippen LogP contribution in [0.5, 0.6) is 0 Å². The third-order valence-electron chi connectivity index (χ3n) is 3.62. The second kappa shape index (κ2) is 4.03. The molecule has 2 fully saturated rings. The first kappa shape index (κ1) is 10.8. The first-order chi connectivity index (χ1) is 6.60. The van der Waals surface area contributed by atoms with Crippen LogP contribution in [-0.2, 0) is 4.74 Å². The number of ether oxygens (including phenoxy) is 1. The summed E-state index contributed by atoms with van der Waals surface area (Å²) in [6.45, 7) is 6.95. The Balaban J connectivity index is 1.94. The molecule has 0 aliphatic carbocycles. The van der Waals surface area contributed by atoms with Gasteiger partial charge in [0.25, 0.3) is 0 Å². The highest BCUT2D eigenvalue weighted by atomic mass is 32.2. The third kappa shape index (κ3) is 2.10. The Labute approximate surface area is 91.4 Å². The monoisotopic (exact) mass is 215 g/mol. The van der Waals surface area contributed by atoms with Crippen LogP contribution in [0, 0.1) is 5.92 Å². The minimum atomic E-state index is 0.158. The van der Waals surface area contributed by atoms with Crippen LogP contribution < -0.4 is 0 Å². The van der Waals surface area contributed by atoms with Gasteiger partial charge >= 0.3 is 0 Å². The number of piperidine rings is 1. The van der Waals surface area contributed by atoms with Gasteiger partial charge in [-0.2, -0.15) is 0 Å². The summed E-state index contributed by atoms with van der Waals surface area (Å²) in [6.07, 6.45) is 2.61. The Hall–Kier alpha value is 0.270. The van der Waals surface area contributed by atoms with Crippen molar-refractivity contribution in [3.8, 4) is 0 Å². The van der Waals surface area contributed by atoms with Crippen LogP contribution in [0.3, 0.4) is 0 Å². The van der Waals surface area contributed by atoms with Gasteiger partial charge in [-0.05, 0) is 52.7 Å². The number of hydrogen-bond donors (Lipinski definition) is 0. The second-order valence-corrected chi connectivity index (χ2v) is 6.17. The molecule has 0 saturated carbocycles. The molecule has 0 aromatic carbocycles. The smallest absolute Gasteiger partial charge is 0.101 e. The van der Waals surface area contributed by atoms with Gasteiger partial charge in [-0.3, -0.25) is 0 Å². The molecule has 2 atom stereocenters. The van der Waals surface area contributed by atoms with Gasteiger partial charge in [-0.25, -0.2) is 0 Å². The molecule has 0 aromatic heterocycles. The Bertz CT molecular complexity index is 203. The number of rotatable bonds is 1. The van der Waals surface area contributed by atoms with Gasteiger partial charge in [0.2, 0.25) is 0 Å². The molecule has 2 rings (SSSR count). The summed E-state index contributed by atoms with van der Waals surface area (Å²) in [6, 6.07) is 0. The molecular weight excluding hydrogens is 194 g/mol. The van der Waals surface area contributed by atoms with Crippen molar-refractivity contribution in [3.63, 3.8) is 0 Å². The lowest BCUT2D eigenvalue weighted by Gasteiger charge is -2.38. The molecule has 0 radical (unpaired) electrons. The predicted molar refractivity (Wildman–Crippen MR) is 61.6 cm³/mol. The highest BCUT2D eigenvalue weighted by molar-refractivity contribution is 8.00. The fraction of sp³-hybridized carbons (Fsp3) is 1.00. The van der Waals surface area contributed by atoms with Crippen molar-refractivity contribution in [1.29, 1.82) is 0 Å². The van der Waals surface area contributed by atoms with Gasteiger partial charge in [-0.1, -0.05) is 0 Å². The highest BCUT2D eigenvalue weighted by Gasteiger charge is 2.42. The maximum Gasteiger partial charge on any atom is 0.101 e. The minimum Gasteiger partial charge on any atom is -0.361 e. The van der Waals surface area contributed by atoms with Gasteiger partial charge in [0.15, 0.2) is 0 Å². The fourth-order valence-electron chi connectivity index (χ4n) is 2.56. The highest BCUT2D eigenvalue weighted by Crippen LogP contribution is 2.41. The first-order valence-corrected chi connectivity index (χ1v) is 6.63. The molecule has 2 aliphatic heterocycles. The van der Waals surface area contributed by atoms with Gasteiger partial charge in [0.05, 0.1) is 5.60 Å². The van der Waals surface area contributed by atoms with Crippen molar-refractivity contribution < 1.29 is 4.74 Å². The molecule has 0 unspecified atom stereocenters. The zero-order valence-electron chi connectivity index (χ0n) is 9.45. The van der Waals surface area contributed by atoms with Crippen molar-refractivity contribution in [1.82, 2.24) is 4.90 Å². The largest absolute Gasteiger partial charge is 0.361 e. The van der Waals surface area contributed by atoms with Crippen LogP contribution in [0.1, 0.15) is 26.7 Å². The van der Waals surface area contributed by atoms with Crippen molar-refractivity contribution in [3.05, 3.63) is 0 Å². The van der Waals surface area contributed by atoms with Crippen LogP contribution in [-0.4, -0.2) is 41.8 Å². The predicted octanol–water partition coefficient (Wildman–Crippen LogP) is 2.20. The van der Waals surface area contributed by atoms with Crippen molar-refractivity contribution >= 4 is 11.8 Å². The molecule has 0 bridgehead atoms. The van der Waals surface area contributed by atoms with Crippen LogP contribution >= 0.6 is 11.8 Å². The van der Waals surface area contributed by atoms with Crippen molar-refractivity contribution in [2.75, 3.05) is 25.9 Å². The van der Waals surface area contributed by atoms with Gasteiger partial charge in [-0.15, -0.1) is 11.8 Å². The molecule has 2 aliphatic rings. The lowest BCUT2D eigenvalue weighted by Crippen LogP contribution is -2.43. The zero-order chi connectivity index (χ0) is 10.2. The molecule has 82 valence electrons. The Morgan fingerprint density at radius 1 is 1.36 bits per heavy atom. The summed E-state index contributed by atoms with van der Waals surface area (Å²) in [7, 11) is 2.21. The van der Waals surface area contributed by atoms with Crippen molar-refractivity contribution in [2.24, 2.45) is 5.92 Å². The summed E-state index contributed by atoms with van der Waals surface area (Å²) in [5.74, 6) is 1.96. The molecule has 0 spiro atoms. The summed E-state index contributed by atoms with van der Waals surface area (Å²) in [4.78, 5) is 2.42. The van der Waals surface area contributed by atoms with E-state index in [9.17, 15) is 0 Å². The van der Waals surface area contributed by atoms with Crippen LogP contribution in [0.2, 0.25) is 0 Å². The standard InChI is InChI=1S/C11H21NOS/c1-9-13-11(2,8-14-9)10-4-6-12(3)7-5-10/h9-10H,4-8H2,1-3H3/t9-,11-/m0/s1. The maximum atomic E-state index is 6.07. The summed E-state index contributed by atoms with van der Waals surface area (Å²) in [5, 5.41) is 0. The molecule has 2 heterocycles. The molecule has 0 aromatic rings. The lowest BCUT2D eigenvalue weighted by molar-refractivity contribution is -0.0648. The summed E-state index contributed by atoms with van der Waals surface area (Å²) < 4.78 is 6.07. The Morgan fingerprint density at radius 3 is 2.50 bits per heavy atom. The molecule has 14 heavy (non-hydrogen) atoms. The van der Waals surface area contributed by atoms with Crippen LogP contribution in [0.15, 0.2) is 0 Å². The zero-order valence-corrected chi connectivity index (χ0v) is 10.3. The molecule has 2 nitrogen and oxygen atoms in total. The molecule has 2 saturated heterocycles. The van der Waals surface area contributed by atoms with E-state index in [1.807, 2.05) is 11.8 Å². The molecule has 0 N–H and O–H groups in total. The normalized spacial score (nSPS) is 41.8. The number of hydrogen-bond acceptors (Lipinski definition) is 3. The van der Waals surface area contributed by atoms with Crippen molar-refractivity contribution in [2.45, 2.75) is 37.7 Å².